The van der Waals surface area contributed by atoms with Crippen molar-refractivity contribution < 1.29 is 9.47 Å². The molecule has 0 amide bonds. The Morgan fingerprint density at radius 1 is 1.25 bits per heavy atom. The van der Waals surface area contributed by atoms with Crippen LogP contribution in [-0.4, -0.2) is 26.9 Å². The Morgan fingerprint density at radius 3 is 2.50 bits per heavy atom. The maximum atomic E-state index is 5.40. The fourth-order valence-corrected chi connectivity index (χ4v) is 1.81. The summed E-state index contributed by atoms with van der Waals surface area (Å²) in [5, 5.41) is 3.42. The van der Waals surface area contributed by atoms with Gasteiger partial charge in [-0.2, -0.15) is 0 Å². The van der Waals surface area contributed by atoms with Gasteiger partial charge in [-0.1, -0.05) is 25.1 Å². The van der Waals surface area contributed by atoms with Crippen LogP contribution in [0.1, 0.15) is 25.5 Å². The minimum Gasteiger partial charge on any atom is -0.496 e. The van der Waals surface area contributed by atoms with Gasteiger partial charge in [-0.15, -0.1) is 0 Å². The third-order valence-corrected chi connectivity index (χ3v) is 2.74. The molecule has 1 N–H and O–H groups in total. The van der Waals surface area contributed by atoms with E-state index in [-0.39, 0.29) is 12.1 Å². The highest BCUT2D eigenvalue weighted by Crippen LogP contribution is 2.27. The van der Waals surface area contributed by atoms with Crippen LogP contribution in [0.5, 0.6) is 5.75 Å². The second-order valence-corrected chi connectivity index (χ2v) is 3.72. The Balaban J connectivity index is 2.99. The fourth-order valence-electron chi connectivity index (χ4n) is 1.81. The molecule has 0 heterocycles. The van der Waals surface area contributed by atoms with Gasteiger partial charge < -0.3 is 14.8 Å². The minimum absolute atomic E-state index is 0.108. The van der Waals surface area contributed by atoms with Crippen molar-refractivity contribution in [3.63, 3.8) is 0 Å². The molecule has 0 saturated heterocycles. The number of likely N-dealkylation sites (N-methyl/N-ethyl adjacent to an activating group) is 1. The van der Waals surface area contributed by atoms with E-state index in [0.29, 0.717) is 0 Å². The topological polar surface area (TPSA) is 30.5 Å². The lowest BCUT2D eigenvalue weighted by Gasteiger charge is -2.25. The summed E-state index contributed by atoms with van der Waals surface area (Å²) in [6.45, 7) is 5.04. The van der Waals surface area contributed by atoms with Crippen LogP contribution in [0.15, 0.2) is 24.3 Å². The first-order valence-corrected chi connectivity index (χ1v) is 5.63. The summed E-state index contributed by atoms with van der Waals surface area (Å²) in [5.41, 5.74) is 1.14. The van der Waals surface area contributed by atoms with Gasteiger partial charge in [-0.25, -0.2) is 0 Å². The van der Waals surface area contributed by atoms with Gasteiger partial charge in [0.05, 0.1) is 19.3 Å². The molecule has 16 heavy (non-hydrogen) atoms. The molecule has 0 bridgehead atoms. The van der Waals surface area contributed by atoms with Gasteiger partial charge in [0.15, 0.2) is 0 Å². The van der Waals surface area contributed by atoms with E-state index in [9.17, 15) is 0 Å². The molecular weight excluding hydrogens is 202 g/mol. The summed E-state index contributed by atoms with van der Waals surface area (Å²) in [7, 11) is 3.42. The number of ether oxygens (including phenoxy) is 2. The monoisotopic (exact) mass is 223 g/mol. The standard InChI is InChI=1S/C13H21NO2/c1-5-14-13(10(2)15-3)11-8-6-7-9-12(11)16-4/h6-10,13-14H,5H2,1-4H3. The van der Waals surface area contributed by atoms with E-state index in [2.05, 4.69) is 25.2 Å². The average molecular weight is 223 g/mol. The average Bonchev–Trinajstić information content (AvgIpc) is 2.35. The first-order valence-electron chi connectivity index (χ1n) is 5.63. The number of methoxy groups -OCH3 is 2. The molecule has 0 aliphatic carbocycles. The lowest BCUT2D eigenvalue weighted by molar-refractivity contribution is 0.0827. The molecule has 0 spiro atoms. The molecule has 90 valence electrons. The van der Waals surface area contributed by atoms with Crippen molar-refractivity contribution in [1.82, 2.24) is 5.32 Å². The zero-order valence-corrected chi connectivity index (χ0v) is 10.5. The maximum absolute atomic E-state index is 5.40. The molecular formula is C13H21NO2. The van der Waals surface area contributed by atoms with Crippen LogP contribution in [0, 0.1) is 0 Å². The predicted octanol–water partition coefficient (Wildman–Crippen LogP) is 2.38. The summed E-state index contributed by atoms with van der Waals surface area (Å²) in [6, 6.07) is 8.20. The molecule has 0 radical (unpaired) electrons. The number of nitrogens with one attached hydrogen (secondary N) is 1. The Kier molecular flexibility index (Phi) is 5.29. The molecule has 0 aromatic heterocycles. The molecule has 3 heteroatoms. The van der Waals surface area contributed by atoms with E-state index in [0.717, 1.165) is 17.9 Å². The van der Waals surface area contributed by atoms with Crippen LogP contribution in [0.2, 0.25) is 0 Å². The number of benzene rings is 1. The van der Waals surface area contributed by atoms with Crippen LogP contribution < -0.4 is 10.1 Å². The van der Waals surface area contributed by atoms with E-state index in [1.54, 1.807) is 14.2 Å². The molecule has 1 aromatic carbocycles. The second kappa shape index (κ2) is 6.51. The highest BCUT2D eigenvalue weighted by molar-refractivity contribution is 5.36. The van der Waals surface area contributed by atoms with Crippen molar-refractivity contribution in [3.8, 4) is 5.75 Å². The molecule has 0 saturated carbocycles. The summed E-state index contributed by atoms with van der Waals surface area (Å²) in [5.74, 6) is 0.900. The van der Waals surface area contributed by atoms with E-state index in [1.807, 2.05) is 18.2 Å². The first-order chi connectivity index (χ1) is 7.74. The van der Waals surface area contributed by atoms with Crippen molar-refractivity contribution in [2.24, 2.45) is 0 Å². The molecule has 1 aromatic rings. The number of rotatable bonds is 6. The van der Waals surface area contributed by atoms with E-state index in [4.69, 9.17) is 9.47 Å². The van der Waals surface area contributed by atoms with Crippen molar-refractivity contribution in [2.45, 2.75) is 26.0 Å². The SMILES string of the molecule is CCNC(c1ccccc1OC)C(C)OC. The molecule has 0 aliphatic rings. The minimum atomic E-state index is 0.108. The fraction of sp³-hybridized carbons (Fsp3) is 0.538. The van der Waals surface area contributed by atoms with Crippen LogP contribution in [0.25, 0.3) is 0 Å². The second-order valence-electron chi connectivity index (χ2n) is 3.72. The molecule has 2 unspecified atom stereocenters. The lowest BCUT2D eigenvalue weighted by Crippen LogP contribution is -2.31. The van der Waals surface area contributed by atoms with E-state index in [1.165, 1.54) is 0 Å². The highest BCUT2D eigenvalue weighted by Gasteiger charge is 2.20. The van der Waals surface area contributed by atoms with Gasteiger partial charge in [0, 0.05) is 12.7 Å². The molecule has 0 aliphatic heterocycles. The summed E-state index contributed by atoms with van der Waals surface area (Å²) >= 11 is 0. The number of para-hydroxylation sites is 1. The first kappa shape index (κ1) is 13.0. The van der Waals surface area contributed by atoms with Gasteiger partial charge in [0.2, 0.25) is 0 Å². The summed E-state index contributed by atoms with van der Waals surface area (Å²) in [6.07, 6.45) is 0.108. The third-order valence-electron chi connectivity index (χ3n) is 2.74. The van der Waals surface area contributed by atoms with Crippen molar-refractivity contribution >= 4 is 0 Å². The number of hydrogen-bond donors (Lipinski definition) is 1. The van der Waals surface area contributed by atoms with Crippen molar-refractivity contribution in [2.75, 3.05) is 20.8 Å². The zero-order valence-electron chi connectivity index (χ0n) is 10.5. The summed E-state index contributed by atoms with van der Waals surface area (Å²) < 4.78 is 10.8. The largest absolute Gasteiger partial charge is 0.496 e. The van der Waals surface area contributed by atoms with Gasteiger partial charge in [0.1, 0.15) is 5.75 Å². The Hall–Kier alpha value is -1.06. The Morgan fingerprint density at radius 2 is 1.94 bits per heavy atom. The van der Waals surface area contributed by atoms with Gasteiger partial charge in [0.25, 0.3) is 0 Å². The molecule has 0 fully saturated rings. The van der Waals surface area contributed by atoms with Gasteiger partial charge in [-0.3, -0.25) is 0 Å². The van der Waals surface area contributed by atoms with Crippen LogP contribution in [0.3, 0.4) is 0 Å². The Bertz CT molecular complexity index is 315. The molecule has 1 rings (SSSR count). The van der Waals surface area contributed by atoms with Gasteiger partial charge in [-0.05, 0) is 19.5 Å². The van der Waals surface area contributed by atoms with E-state index >= 15 is 0 Å². The number of hydrogen-bond acceptors (Lipinski definition) is 3. The van der Waals surface area contributed by atoms with Crippen LogP contribution in [-0.2, 0) is 4.74 Å². The third kappa shape index (κ3) is 2.97. The Labute approximate surface area is 97.8 Å². The highest BCUT2D eigenvalue weighted by atomic mass is 16.5. The van der Waals surface area contributed by atoms with Crippen molar-refractivity contribution in [1.29, 1.82) is 0 Å². The molecule has 3 nitrogen and oxygen atoms in total. The lowest BCUT2D eigenvalue weighted by atomic mass is 10.0. The maximum Gasteiger partial charge on any atom is 0.123 e. The molecule has 2 atom stereocenters. The zero-order chi connectivity index (χ0) is 12.0. The van der Waals surface area contributed by atoms with Gasteiger partial charge >= 0.3 is 0 Å². The quantitative estimate of drug-likeness (QED) is 0.803. The predicted molar refractivity (Wildman–Crippen MR) is 65.9 cm³/mol. The van der Waals surface area contributed by atoms with Crippen LogP contribution >= 0.6 is 0 Å². The van der Waals surface area contributed by atoms with Crippen molar-refractivity contribution in [3.05, 3.63) is 29.8 Å². The van der Waals surface area contributed by atoms with Crippen LogP contribution in [0.4, 0.5) is 0 Å². The van der Waals surface area contributed by atoms with E-state index < -0.39 is 0 Å². The smallest absolute Gasteiger partial charge is 0.123 e. The normalized spacial score (nSPS) is 14.5. The summed E-state index contributed by atoms with van der Waals surface area (Å²) in [4.78, 5) is 0.